The number of aryl methyl sites for hydroxylation is 1. The highest BCUT2D eigenvalue weighted by molar-refractivity contribution is 5.84. The summed E-state index contributed by atoms with van der Waals surface area (Å²) in [6, 6.07) is 22.5. The first-order valence-electron chi connectivity index (χ1n) is 13.4. The van der Waals surface area contributed by atoms with Crippen molar-refractivity contribution in [3.05, 3.63) is 82.9 Å². The van der Waals surface area contributed by atoms with Crippen molar-refractivity contribution in [1.82, 2.24) is 0 Å². The molecule has 3 aromatic rings. The van der Waals surface area contributed by atoms with Gasteiger partial charge in [0.15, 0.2) is 0 Å². The van der Waals surface area contributed by atoms with Crippen LogP contribution in [0.2, 0.25) is 0 Å². The zero-order valence-corrected chi connectivity index (χ0v) is 20.7. The summed E-state index contributed by atoms with van der Waals surface area (Å²) in [6.45, 7) is 4.53. The van der Waals surface area contributed by atoms with E-state index < -0.39 is 0 Å². The molecule has 0 heterocycles. The van der Waals surface area contributed by atoms with Gasteiger partial charge in [-0.25, -0.2) is 0 Å². The Hall–Kier alpha value is -2.52. The molecule has 0 N–H and O–H groups in total. The van der Waals surface area contributed by atoms with Crippen LogP contribution < -0.4 is 0 Å². The Morgan fingerprint density at radius 1 is 0.667 bits per heavy atom. The molecule has 0 bridgehead atoms. The Labute approximate surface area is 201 Å². The van der Waals surface area contributed by atoms with E-state index in [-0.39, 0.29) is 0 Å². The first-order chi connectivity index (χ1) is 16.2. The Balaban J connectivity index is 1.33. The van der Waals surface area contributed by atoms with E-state index in [1.54, 1.807) is 0 Å². The molecule has 1 aliphatic carbocycles. The van der Waals surface area contributed by atoms with Gasteiger partial charge in [0.1, 0.15) is 0 Å². The molecule has 3 aromatic carbocycles. The second kappa shape index (κ2) is 12.1. The fourth-order valence-corrected chi connectivity index (χ4v) is 5.44. The second-order valence-corrected chi connectivity index (χ2v) is 10.1. The minimum absolute atomic E-state index is 0.747. The van der Waals surface area contributed by atoms with Gasteiger partial charge in [-0.05, 0) is 90.1 Å². The first kappa shape index (κ1) is 23.6. The van der Waals surface area contributed by atoms with E-state index >= 15 is 0 Å². The van der Waals surface area contributed by atoms with Gasteiger partial charge in [-0.1, -0.05) is 101 Å². The second-order valence-electron chi connectivity index (χ2n) is 10.1. The molecule has 0 atom stereocenters. The third-order valence-electron chi connectivity index (χ3n) is 7.49. The summed E-state index contributed by atoms with van der Waals surface area (Å²) < 4.78 is 0. The lowest BCUT2D eigenvalue weighted by atomic mass is 9.77. The molecule has 0 heteroatoms. The van der Waals surface area contributed by atoms with Crippen molar-refractivity contribution in [2.75, 3.05) is 0 Å². The van der Waals surface area contributed by atoms with Crippen molar-refractivity contribution in [2.24, 2.45) is 5.92 Å². The molecule has 0 nitrogen and oxygen atoms in total. The van der Waals surface area contributed by atoms with Gasteiger partial charge in [-0.2, -0.15) is 0 Å². The smallest absolute Gasteiger partial charge is 0.0255 e. The predicted molar refractivity (Wildman–Crippen MR) is 144 cm³/mol. The van der Waals surface area contributed by atoms with Crippen LogP contribution in [0.4, 0.5) is 0 Å². The lowest BCUT2D eigenvalue weighted by Crippen LogP contribution is -2.13. The first-order valence-corrected chi connectivity index (χ1v) is 13.4. The summed E-state index contributed by atoms with van der Waals surface area (Å²) in [5.74, 6) is 8.48. The van der Waals surface area contributed by atoms with E-state index in [4.69, 9.17) is 0 Å². The van der Waals surface area contributed by atoms with Gasteiger partial charge < -0.3 is 0 Å². The number of unbranched alkanes of at least 4 members (excludes halogenated alkanes) is 3. The number of hydrogen-bond acceptors (Lipinski definition) is 0. The summed E-state index contributed by atoms with van der Waals surface area (Å²) in [5.41, 5.74) is 5.14. The van der Waals surface area contributed by atoms with Gasteiger partial charge in [0.05, 0.1) is 0 Å². The van der Waals surface area contributed by atoms with Crippen LogP contribution in [-0.2, 0) is 6.42 Å². The summed E-state index contributed by atoms with van der Waals surface area (Å²) in [6.07, 6.45) is 15.0. The van der Waals surface area contributed by atoms with Crippen LogP contribution in [0, 0.1) is 17.8 Å². The number of rotatable bonds is 8. The van der Waals surface area contributed by atoms with E-state index in [0.29, 0.717) is 0 Å². The molecule has 0 unspecified atom stereocenters. The number of fused-ring (bicyclic) bond motifs is 1. The lowest BCUT2D eigenvalue weighted by Gasteiger charge is -2.29. The SMILES string of the molecule is CCCCCCC1CCC(c2ccc(C#Cc3ccc4cc(CCC)ccc4c3)cc2)CC1. The molecule has 0 aliphatic heterocycles. The third kappa shape index (κ3) is 6.74. The zero-order chi connectivity index (χ0) is 22.9. The van der Waals surface area contributed by atoms with Gasteiger partial charge in [-0.3, -0.25) is 0 Å². The van der Waals surface area contributed by atoms with E-state index in [1.165, 1.54) is 86.1 Å². The van der Waals surface area contributed by atoms with Crippen molar-refractivity contribution >= 4 is 10.8 Å². The van der Waals surface area contributed by atoms with Gasteiger partial charge in [-0.15, -0.1) is 0 Å². The number of benzene rings is 3. The molecule has 0 spiro atoms. The van der Waals surface area contributed by atoms with Crippen LogP contribution in [0.15, 0.2) is 60.7 Å². The van der Waals surface area contributed by atoms with Crippen molar-refractivity contribution in [3.8, 4) is 11.8 Å². The topological polar surface area (TPSA) is 0 Å². The van der Waals surface area contributed by atoms with Crippen molar-refractivity contribution in [3.63, 3.8) is 0 Å². The van der Waals surface area contributed by atoms with Gasteiger partial charge in [0.2, 0.25) is 0 Å². The Bertz CT molecular complexity index is 1070. The summed E-state index contributed by atoms with van der Waals surface area (Å²) >= 11 is 0. The molecule has 33 heavy (non-hydrogen) atoms. The van der Waals surface area contributed by atoms with Crippen LogP contribution in [0.5, 0.6) is 0 Å². The van der Waals surface area contributed by atoms with E-state index in [2.05, 4.69) is 86.4 Å². The van der Waals surface area contributed by atoms with Crippen molar-refractivity contribution < 1.29 is 0 Å². The standard InChI is InChI=1S/C33H40/c1-3-5-6-7-9-26-12-18-30(19-13-26)31-20-14-27(15-21-31)10-11-29-17-23-32-24-28(8-4-2)16-22-33(32)25-29/h14-17,20-26,30H,3-9,12-13,18-19H2,1-2H3. The van der Waals surface area contributed by atoms with Crippen LogP contribution in [-0.4, -0.2) is 0 Å². The Morgan fingerprint density at radius 2 is 1.36 bits per heavy atom. The molecular weight excluding hydrogens is 396 g/mol. The highest BCUT2D eigenvalue weighted by Gasteiger charge is 2.21. The van der Waals surface area contributed by atoms with Crippen LogP contribution in [0.3, 0.4) is 0 Å². The molecule has 172 valence electrons. The van der Waals surface area contributed by atoms with Gasteiger partial charge >= 0.3 is 0 Å². The fraction of sp³-hybridized carbons (Fsp3) is 0.455. The Kier molecular flexibility index (Phi) is 8.65. The highest BCUT2D eigenvalue weighted by atomic mass is 14.3. The molecule has 0 amide bonds. The lowest BCUT2D eigenvalue weighted by molar-refractivity contribution is 0.302. The van der Waals surface area contributed by atoms with Crippen LogP contribution in [0.25, 0.3) is 10.8 Å². The molecule has 4 rings (SSSR count). The average Bonchev–Trinajstić information content (AvgIpc) is 2.86. The molecule has 1 saturated carbocycles. The normalized spacial score (nSPS) is 18.1. The maximum Gasteiger partial charge on any atom is 0.0255 e. The maximum atomic E-state index is 3.38. The summed E-state index contributed by atoms with van der Waals surface area (Å²) in [7, 11) is 0. The molecule has 1 fully saturated rings. The fourth-order valence-electron chi connectivity index (χ4n) is 5.44. The minimum Gasteiger partial charge on any atom is -0.0654 e. The molecular formula is C33H40. The summed E-state index contributed by atoms with van der Waals surface area (Å²) in [4.78, 5) is 0. The van der Waals surface area contributed by atoms with E-state index in [0.717, 1.165) is 29.4 Å². The average molecular weight is 437 g/mol. The van der Waals surface area contributed by atoms with E-state index in [1.807, 2.05) is 0 Å². The third-order valence-corrected chi connectivity index (χ3v) is 7.49. The monoisotopic (exact) mass is 436 g/mol. The zero-order valence-electron chi connectivity index (χ0n) is 20.7. The highest BCUT2D eigenvalue weighted by Crippen LogP contribution is 2.37. The molecule has 1 aliphatic rings. The molecule has 0 radical (unpaired) electrons. The van der Waals surface area contributed by atoms with Crippen molar-refractivity contribution in [1.29, 1.82) is 0 Å². The van der Waals surface area contributed by atoms with Crippen molar-refractivity contribution in [2.45, 2.75) is 90.4 Å². The largest absolute Gasteiger partial charge is 0.0654 e. The van der Waals surface area contributed by atoms with E-state index in [9.17, 15) is 0 Å². The van der Waals surface area contributed by atoms with Gasteiger partial charge in [0.25, 0.3) is 0 Å². The minimum atomic E-state index is 0.747. The van der Waals surface area contributed by atoms with Crippen LogP contribution >= 0.6 is 0 Å². The predicted octanol–water partition coefficient (Wildman–Crippen LogP) is 9.44. The Morgan fingerprint density at radius 3 is 2.12 bits per heavy atom. The molecule has 0 aromatic heterocycles. The maximum absolute atomic E-state index is 3.38. The molecule has 0 saturated heterocycles. The quantitative estimate of drug-likeness (QED) is 0.244. The van der Waals surface area contributed by atoms with Crippen LogP contribution in [0.1, 0.15) is 106 Å². The number of hydrogen-bond donors (Lipinski definition) is 0. The summed E-state index contributed by atoms with van der Waals surface area (Å²) in [5, 5.41) is 2.59. The van der Waals surface area contributed by atoms with Gasteiger partial charge in [0, 0.05) is 11.1 Å².